The summed E-state index contributed by atoms with van der Waals surface area (Å²) in [5.74, 6) is 0.302. The molecule has 1 N–H and O–H groups in total. The number of methoxy groups -OCH3 is 1. The summed E-state index contributed by atoms with van der Waals surface area (Å²) in [4.78, 5) is 16.7. The van der Waals surface area contributed by atoms with E-state index in [9.17, 15) is 4.79 Å². The van der Waals surface area contributed by atoms with E-state index in [0.29, 0.717) is 21.6 Å². The van der Waals surface area contributed by atoms with Crippen LogP contribution in [-0.4, -0.2) is 29.0 Å². The Bertz CT molecular complexity index is 922. The number of nitrogens with zero attached hydrogens (tertiary/aromatic N) is 2. The molecule has 0 aliphatic rings. The van der Waals surface area contributed by atoms with Crippen LogP contribution in [0.2, 0.25) is 10.0 Å². The van der Waals surface area contributed by atoms with Crippen LogP contribution in [0.1, 0.15) is 5.56 Å². The van der Waals surface area contributed by atoms with E-state index in [2.05, 4.69) is 10.3 Å². The van der Waals surface area contributed by atoms with Crippen LogP contribution < -0.4 is 5.32 Å². The number of aromatic nitrogens is 2. The molecule has 0 saturated carbocycles. The summed E-state index contributed by atoms with van der Waals surface area (Å²) in [7, 11) is 1.47. The lowest BCUT2D eigenvalue weighted by Crippen LogP contribution is -2.18. The van der Waals surface area contributed by atoms with Gasteiger partial charge in [-0.1, -0.05) is 35.3 Å². The Morgan fingerprint density at radius 3 is 2.79 bits per heavy atom. The number of imidazole rings is 1. The van der Waals surface area contributed by atoms with E-state index in [-0.39, 0.29) is 12.5 Å². The number of carbonyl (C=O) groups is 1. The van der Waals surface area contributed by atoms with E-state index in [4.69, 9.17) is 27.9 Å². The van der Waals surface area contributed by atoms with Crippen LogP contribution in [-0.2, 0) is 9.53 Å². The molecule has 124 valence electrons. The van der Waals surface area contributed by atoms with Crippen molar-refractivity contribution in [3.8, 4) is 11.3 Å². The number of benzene rings is 1. The molecule has 5 nitrogen and oxygen atoms in total. The van der Waals surface area contributed by atoms with Gasteiger partial charge in [-0.3, -0.25) is 9.20 Å². The van der Waals surface area contributed by atoms with Gasteiger partial charge in [0.2, 0.25) is 0 Å². The van der Waals surface area contributed by atoms with Gasteiger partial charge < -0.3 is 10.1 Å². The minimum atomic E-state index is -0.262. The third kappa shape index (κ3) is 3.11. The summed E-state index contributed by atoms with van der Waals surface area (Å²) in [6.45, 7) is 1.92. The Kier molecular flexibility index (Phi) is 4.76. The minimum Gasteiger partial charge on any atom is -0.375 e. The average molecular weight is 364 g/mol. The predicted molar refractivity (Wildman–Crippen MR) is 95.9 cm³/mol. The van der Waals surface area contributed by atoms with E-state index >= 15 is 0 Å². The minimum absolute atomic E-state index is 0.0418. The maximum absolute atomic E-state index is 12.0. The van der Waals surface area contributed by atoms with Gasteiger partial charge >= 0.3 is 0 Å². The molecule has 1 amide bonds. The molecule has 2 aromatic heterocycles. The van der Waals surface area contributed by atoms with E-state index in [1.54, 1.807) is 12.1 Å². The van der Waals surface area contributed by atoms with Gasteiger partial charge in [-0.05, 0) is 30.7 Å². The number of halogens is 2. The van der Waals surface area contributed by atoms with Crippen molar-refractivity contribution in [3.05, 3.63) is 52.1 Å². The number of ether oxygens (including phenoxy) is 1. The molecule has 0 radical (unpaired) electrons. The van der Waals surface area contributed by atoms with Gasteiger partial charge in [-0.2, -0.15) is 0 Å². The van der Waals surface area contributed by atoms with E-state index in [1.807, 2.05) is 35.7 Å². The molecule has 0 saturated heterocycles. The van der Waals surface area contributed by atoms with Crippen LogP contribution in [0, 0.1) is 6.92 Å². The van der Waals surface area contributed by atoms with Gasteiger partial charge in [0.05, 0.1) is 10.0 Å². The second-order valence-corrected chi connectivity index (χ2v) is 6.12. The lowest BCUT2D eigenvalue weighted by molar-refractivity contribution is -0.119. The number of pyridine rings is 1. The van der Waals surface area contributed by atoms with Gasteiger partial charge in [-0.25, -0.2) is 4.98 Å². The van der Waals surface area contributed by atoms with Crippen molar-refractivity contribution < 1.29 is 9.53 Å². The molecule has 1 aromatic carbocycles. The zero-order valence-electron chi connectivity index (χ0n) is 13.1. The number of carbonyl (C=O) groups excluding carboxylic acids is 1. The Hall–Kier alpha value is -2.08. The molecule has 0 bridgehead atoms. The molecule has 0 unspecified atom stereocenters. The van der Waals surface area contributed by atoms with Gasteiger partial charge in [0.1, 0.15) is 23.8 Å². The zero-order chi connectivity index (χ0) is 17.3. The number of hydrogen-bond donors (Lipinski definition) is 1. The lowest BCUT2D eigenvalue weighted by Gasteiger charge is -2.08. The van der Waals surface area contributed by atoms with Gasteiger partial charge in [0.15, 0.2) is 0 Å². The maximum atomic E-state index is 12.0. The third-order valence-electron chi connectivity index (χ3n) is 3.57. The maximum Gasteiger partial charge on any atom is 0.251 e. The predicted octanol–water partition coefficient (Wildman–Crippen LogP) is 4.20. The topological polar surface area (TPSA) is 55.6 Å². The normalized spacial score (nSPS) is 11.0. The molecule has 0 aliphatic carbocycles. The van der Waals surface area contributed by atoms with Crippen LogP contribution in [0.5, 0.6) is 0 Å². The van der Waals surface area contributed by atoms with Gasteiger partial charge in [0.25, 0.3) is 5.91 Å². The molecule has 0 atom stereocenters. The first-order valence-corrected chi connectivity index (χ1v) is 7.98. The van der Waals surface area contributed by atoms with Crippen LogP contribution in [0.3, 0.4) is 0 Å². The Labute approximate surface area is 149 Å². The quantitative estimate of drug-likeness (QED) is 0.755. The SMILES string of the molecule is COCC(=O)Nc1c(-c2ccc(Cl)c(Cl)c2)nc2c(C)cccn12. The number of amides is 1. The highest BCUT2D eigenvalue weighted by molar-refractivity contribution is 6.42. The molecule has 0 spiro atoms. The Morgan fingerprint density at radius 1 is 1.29 bits per heavy atom. The van der Waals surface area contributed by atoms with Crippen molar-refractivity contribution in [2.24, 2.45) is 0 Å². The van der Waals surface area contributed by atoms with Crippen LogP contribution in [0.15, 0.2) is 36.5 Å². The summed E-state index contributed by atoms with van der Waals surface area (Å²) in [6, 6.07) is 9.11. The summed E-state index contributed by atoms with van der Waals surface area (Å²) in [5.41, 5.74) is 3.13. The fraction of sp³-hybridized carbons (Fsp3) is 0.176. The van der Waals surface area contributed by atoms with Crippen LogP contribution in [0.4, 0.5) is 5.82 Å². The second-order valence-electron chi connectivity index (χ2n) is 5.30. The molecule has 0 aliphatic heterocycles. The molecule has 0 fully saturated rings. The Balaban J connectivity index is 2.19. The average Bonchev–Trinajstić information content (AvgIpc) is 2.90. The number of nitrogens with one attached hydrogen (secondary N) is 1. The smallest absolute Gasteiger partial charge is 0.251 e. The first kappa shape index (κ1) is 16.8. The van der Waals surface area contributed by atoms with Crippen LogP contribution in [0.25, 0.3) is 16.9 Å². The fourth-order valence-electron chi connectivity index (χ4n) is 2.47. The molecular weight excluding hydrogens is 349 g/mol. The largest absolute Gasteiger partial charge is 0.375 e. The number of rotatable bonds is 4. The van der Waals surface area contributed by atoms with Crippen molar-refractivity contribution in [1.29, 1.82) is 0 Å². The summed E-state index contributed by atoms with van der Waals surface area (Å²) in [5, 5.41) is 3.75. The number of hydrogen-bond acceptors (Lipinski definition) is 3. The molecule has 3 rings (SSSR count). The highest BCUT2D eigenvalue weighted by Crippen LogP contribution is 2.33. The molecule has 7 heteroatoms. The lowest BCUT2D eigenvalue weighted by atomic mass is 10.1. The molecule has 3 aromatic rings. The second kappa shape index (κ2) is 6.81. The molecule has 24 heavy (non-hydrogen) atoms. The van der Waals surface area contributed by atoms with Crippen molar-refractivity contribution >= 4 is 40.6 Å². The monoisotopic (exact) mass is 363 g/mol. The highest BCUT2D eigenvalue weighted by atomic mass is 35.5. The summed E-state index contributed by atoms with van der Waals surface area (Å²) in [6.07, 6.45) is 1.85. The number of fused-ring (bicyclic) bond motifs is 1. The van der Waals surface area contributed by atoms with Crippen molar-refractivity contribution in [1.82, 2.24) is 9.38 Å². The van der Waals surface area contributed by atoms with Crippen LogP contribution >= 0.6 is 23.2 Å². The van der Waals surface area contributed by atoms with Gasteiger partial charge in [-0.15, -0.1) is 0 Å². The Morgan fingerprint density at radius 2 is 2.08 bits per heavy atom. The van der Waals surface area contributed by atoms with Crippen molar-refractivity contribution in [2.75, 3.05) is 19.0 Å². The molecule has 2 heterocycles. The van der Waals surface area contributed by atoms with E-state index < -0.39 is 0 Å². The standard InChI is InChI=1S/C17H15Cl2N3O2/c1-10-4-3-7-22-16(10)21-15(17(22)20-14(23)9-24-2)11-5-6-12(18)13(19)8-11/h3-8H,9H2,1-2H3,(H,20,23). The fourth-order valence-corrected chi connectivity index (χ4v) is 2.77. The van der Waals surface area contributed by atoms with Crippen molar-refractivity contribution in [2.45, 2.75) is 6.92 Å². The van der Waals surface area contributed by atoms with Crippen molar-refractivity contribution in [3.63, 3.8) is 0 Å². The summed E-state index contributed by atoms with van der Waals surface area (Å²) < 4.78 is 6.72. The molecular formula is C17H15Cl2N3O2. The number of anilines is 1. The zero-order valence-corrected chi connectivity index (χ0v) is 14.6. The van der Waals surface area contributed by atoms with E-state index in [1.165, 1.54) is 7.11 Å². The first-order chi connectivity index (χ1) is 11.5. The third-order valence-corrected chi connectivity index (χ3v) is 4.31. The first-order valence-electron chi connectivity index (χ1n) is 7.23. The summed E-state index contributed by atoms with van der Waals surface area (Å²) >= 11 is 12.1. The van der Waals surface area contributed by atoms with E-state index in [0.717, 1.165) is 16.8 Å². The highest BCUT2D eigenvalue weighted by Gasteiger charge is 2.18. The number of aryl methyl sites for hydroxylation is 1. The van der Waals surface area contributed by atoms with Gasteiger partial charge in [0, 0.05) is 18.9 Å².